The van der Waals surface area contributed by atoms with E-state index in [4.69, 9.17) is 10.1 Å². The van der Waals surface area contributed by atoms with E-state index in [1.807, 2.05) is 25.1 Å². The molecular formula is C17H15N5O2. The second-order valence-corrected chi connectivity index (χ2v) is 5.97. The van der Waals surface area contributed by atoms with Crippen molar-refractivity contribution in [3.8, 4) is 11.9 Å². The van der Waals surface area contributed by atoms with Crippen LogP contribution in [-0.4, -0.2) is 22.0 Å². The molecule has 2 unspecified atom stereocenters. The first-order valence-corrected chi connectivity index (χ1v) is 7.79. The molecule has 1 aromatic heterocycles. The lowest BCUT2D eigenvalue weighted by Crippen LogP contribution is -2.50. The van der Waals surface area contributed by atoms with Crippen LogP contribution in [0.3, 0.4) is 0 Å². The van der Waals surface area contributed by atoms with Gasteiger partial charge in [0, 0.05) is 11.4 Å². The Morgan fingerprint density at radius 3 is 3.00 bits per heavy atom. The Bertz CT molecular complexity index is 910. The molecule has 1 spiro atoms. The molecule has 0 saturated heterocycles. The highest BCUT2D eigenvalue weighted by Crippen LogP contribution is 2.53. The molecule has 2 aromatic rings. The molecule has 0 bridgehead atoms. The molecule has 2 aliphatic heterocycles. The number of nitrogens with zero attached hydrogens (tertiary/aromatic N) is 2. The number of hydrogen-bond acceptors (Lipinski definition) is 5. The third kappa shape index (κ3) is 1.57. The van der Waals surface area contributed by atoms with Gasteiger partial charge in [-0.05, 0) is 18.1 Å². The lowest BCUT2D eigenvalue weighted by Gasteiger charge is -2.35. The summed E-state index contributed by atoms with van der Waals surface area (Å²) in [6.07, 6.45) is 1.52. The molecule has 1 aromatic carbocycles. The predicted octanol–water partition coefficient (Wildman–Crippen LogP) is 2.11. The number of hydrogen-bond donors (Lipinski definition) is 3. The van der Waals surface area contributed by atoms with Crippen molar-refractivity contribution in [1.29, 1.82) is 10.7 Å². The molecular weight excluding hydrogens is 306 g/mol. The monoisotopic (exact) mass is 321 g/mol. The highest BCUT2D eigenvalue weighted by atomic mass is 16.5. The van der Waals surface area contributed by atoms with Crippen LogP contribution in [0.25, 0.3) is 0 Å². The number of carbonyl (C=O) groups is 1. The first-order valence-electron chi connectivity index (χ1n) is 7.79. The van der Waals surface area contributed by atoms with Crippen LogP contribution in [0.4, 0.5) is 5.69 Å². The fourth-order valence-corrected chi connectivity index (χ4v) is 3.74. The van der Waals surface area contributed by atoms with Gasteiger partial charge in [-0.2, -0.15) is 5.26 Å². The molecule has 0 radical (unpaired) electrons. The van der Waals surface area contributed by atoms with Crippen LogP contribution in [0, 0.1) is 22.7 Å². The molecule has 0 aliphatic carbocycles. The van der Waals surface area contributed by atoms with E-state index in [9.17, 15) is 10.1 Å². The van der Waals surface area contributed by atoms with Crippen molar-refractivity contribution in [3.63, 3.8) is 0 Å². The summed E-state index contributed by atoms with van der Waals surface area (Å²) in [5.41, 5.74) is 1.40. The highest BCUT2D eigenvalue weighted by molar-refractivity contribution is 6.13. The third-order valence-electron chi connectivity index (χ3n) is 4.69. The summed E-state index contributed by atoms with van der Waals surface area (Å²) in [5.74, 6) is -1.40. The summed E-state index contributed by atoms with van der Waals surface area (Å²) < 4.78 is 5.45. The van der Waals surface area contributed by atoms with Crippen molar-refractivity contribution in [1.82, 2.24) is 10.2 Å². The topological polar surface area (TPSA) is 115 Å². The van der Waals surface area contributed by atoms with Gasteiger partial charge in [0.1, 0.15) is 11.3 Å². The molecule has 0 fully saturated rings. The first-order chi connectivity index (χ1) is 11.6. The fraction of sp³-hybridized carbons (Fsp3) is 0.294. The Morgan fingerprint density at radius 2 is 2.25 bits per heavy atom. The van der Waals surface area contributed by atoms with E-state index < -0.39 is 11.3 Å². The zero-order chi connectivity index (χ0) is 16.9. The minimum atomic E-state index is -1.30. The molecule has 120 valence electrons. The minimum Gasteiger partial charge on any atom is -0.422 e. The molecule has 7 heteroatoms. The van der Waals surface area contributed by atoms with E-state index in [1.54, 1.807) is 6.07 Å². The molecule has 2 aliphatic rings. The summed E-state index contributed by atoms with van der Waals surface area (Å²) in [6, 6.07) is 9.38. The molecule has 2 atom stereocenters. The molecule has 3 N–H and O–H groups in total. The maximum atomic E-state index is 13.1. The number of para-hydroxylation sites is 1. The summed E-state index contributed by atoms with van der Waals surface area (Å²) >= 11 is 0. The van der Waals surface area contributed by atoms with Crippen LogP contribution < -0.4 is 10.1 Å². The second-order valence-electron chi connectivity index (χ2n) is 5.97. The van der Waals surface area contributed by atoms with Crippen LogP contribution in [0.15, 0.2) is 24.3 Å². The zero-order valence-electron chi connectivity index (χ0n) is 13.0. The minimum absolute atomic E-state index is 0.210. The number of amides is 1. The number of ether oxygens (including phenoxy) is 1. The third-order valence-corrected chi connectivity index (χ3v) is 4.69. The average Bonchev–Trinajstić information content (AvgIpc) is 3.09. The van der Waals surface area contributed by atoms with Gasteiger partial charge in [-0.25, -0.2) is 0 Å². The van der Waals surface area contributed by atoms with E-state index in [0.717, 1.165) is 12.1 Å². The maximum absolute atomic E-state index is 13.1. The van der Waals surface area contributed by atoms with Gasteiger partial charge in [-0.15, -0.1) is 5.10 Å². The van der Waals surface area contributed by atoms with Crippen molar-refractivity contribution in [2.24, 2.45) is 5.92 Å². The van der Waals surface area contributed by atoms with Crippen LogP contribution in [0.2, 0.25) is 0 Å². The van der Waals surface area contributed by atoms with Crippen LogP contribution >= 0.6 is 0 Å². The van der Waals surface area contributed by atoms with E-state index in [-0.39, 0.29) is 17.7 Å². The van der Waals surface area contributed by atoms with Gasteiger partial charge >= 0.3 is 0 Å². The Morgan fingerprint density at radius 1 is 1.46 bits per heavy atom. The number of aromatic amines is 1. The molecule has 4 rings (SSSR count). The second kappa shape index (κ2) is 4.93. The maximum Gasteiger partial charge on any atom is 0.244 e. The van der Waals surface area contributed by atoms with Crippen molar-refractivity contribution in [2.45, 2.75) is 25.2 Å². The molecule has 0 saturated carbocycles. The molecule has 1 amide bonds. The largest absolute Gasteiger partial charge is 0.422 e. The predicted molar refractivity (Wildman–Crippen MR) is 85.9 cm³/mol. The van der Waals surface area contributed by atoms with Crippen LogP contribution in [0.5, 0.6) is 5.88 Å². The Hall–Kier alpha value is -3.14. The van der Waals surface area contributed by atoms with E-state index in [1.165, 1.54) is 0 Å². The molecule has 7 nitrogen and oxygen atoms in total. The fourth-order valence-electron chi connectivity index (χ4n) is 3.74. The van der Waals surface area contributed by atoms with Crippen LogP contribution in [0.1, 0.15) is 30.2 Å². The Balaban J connectivity index is 2.10. The number of H-pyrrole nitrogens is 1. The number of benzene rings is 1. The lowest BCUT2D eigenvalue weighted by atomic mass is 9.65. The standard InChI is InChI=1S/C17H15N5O2/c1-2-5-12-13-15(22-21-12)24-14(19)10(8-18)17(13)9-6-3-4-7-11(9)20-16(17)23/h3-4,6-7,10,19H,2,5H2,1H3,(H,20,23)(H,21,22). The van der Waals surface area contributed by atoms with E-state index in [0.29, 0.717) is 23.2 Å². The number of aryl methyl sites for hydroxylation is 1. The van der Waals surface area contributed by atoms with Crippen molar-refractivity contribution in [2.75, 3.05) is 5.32 Å². The Kier molecular flexibility index (Phi) is 2.97. The van der Waals surface area contributed by atoms with Gasteiger partial charge in [0.15, 0.2) is 0 Å². The number of aromatic nitrogens is 2. The van der Waals surface area contributed by atoms with Crippen molar-refractivity contribution >= 4 is 17.5 Å². The van der Waals surface area contributed by atoms with Gasteiger partial charge in [-0.1, -0.05) is 31.5 Å². The van der Waals surface area contributed by atoms with E-state index in [2.05, 4.69) is 21.6 Å². The summed E-state index contributed by atoms with van der Waals surface area (Å²) in [7, 11) is 0. The molecule has 24 heavy (non-hydrogen) atoms. The van der Waals surface area contributed by atoms with E-state index >= 15 is 0 Å². The van der Waals surface area contributed by atoms with Gasteiger partial charge < -0.3 is 10.1 Å². The number of rotatable bonds is 2. The van der Waals surface area contributed by atoms with Gasteiger partial charge in [-0.3, -0.25) is 15.3 Å². The summed E-state index contributed by atoms with van der Waals surface area (Å²) in [4.78, 5) is 13.1. The highest BCUT2D eigenvalue weighted by Gasteiger charge is 2.61. The number of fused-ring (bicyclic) bond motifs is 4. The van der Waals surface area contributed by atoms with Gasteiger partial charge in [0.2, 0.25) is 17.7 Å². The lowest BCUT2D eigenvalue weighted by molar-refractivity contribution is -0.120. The summed E-state index contributed by atoms with van der Waals surface area (Å²) in [6.45, 7) is 2.02. The normalized spacial score (nSPS) is 24.1. The number of anilines is 1. The first kappa shape index (κ1) is 14.5. The Labute approximate surface area is 138 Å². The van der Waals surface area contributed by atoms with Gasteiger partial charge in [0.25, 0.3) is 0 Å². The number of nitrogens with one attached hydrogen (secondary N) is 3. The zero-order valence-corrected chi connectivity index (χ0v) is 13.0. The van der Waals surface area contributed by atoms with Crippen molar-refractivity contribution in [3.05, 3.63) is 41.1 Å². The van der Waals surface area contributed by atoms with Crippen molar-refractivity contribution < 1.29 is 9.53 Å². The smallest absolute Gasteiger partial charge is 0.244 e. The summed E-state index contributed by atoms with van der Waals surface area (Å²) in [5, 5.41) is 27.8. The molecule has 3 heterocycles. The SMILES string of the molecule is CCCc1[nH]nc2c1C1(C(=O)Nc3ccccc31)C(C#N)C(=N)O2. The number of carbonyl (C=O) groups excluding carboxylic acids is 1. The van der Waals surface area contributed by atoms with Gasteiger partial charge in [0.05, 0.1) is 11.6 Å². The average molecular weight is 321 g/mol. The quantitative estimate of drug-likeness (QED) is 0.785. The number of nitriles is 1. The van der Waals surface area contributed by atoms with Crippen LogP contribution in [-0.2, 0) is 16.6 Å².